The summed E-state index contributed by atoms with van der Waals surface area (Å²) in [6.07, 6.45) is 0.641. The molecule has 6 nitrogen and oxygen atoms in total. The van der Waals surface area contributed by atoms with Gasteiger partial charge in [0.15, 0.2) is 0 Å². The third-order valence-electron chi connectivity index (χ3n) is 5.39. The van der Waals surface area contributed by atoms with Crippen molar-refractivity contribution in [1.82, 2.24) is 0 Å². The molecule has 3 aromatic rings. The summed E-state index contributed by atoms with van der Waals surface area (Å²) >= 11 is 0. The highest BCUT2D eigenvalue weighted by molar-refractivity contribution is 6.03. The number of β-lactam (4-membered cyclic amide) rings is 1. The summed E-state index contributed by atoms with van der Waals surface area (Å²) in [5.74, 6) is -0.167. The zero-order valence-corrected chi connectivity index (χ0v) is 16.4. The van der Waals surface area contributed by atoms with Gasteiger partial charge in [-0.25, -0.2) is 0 Å². The fraction of sp³-hybridized carbons (Fsp3) is 0.208. The van der Waals surface area contributed by atoms with E-state index in [9.17, 15) is 14.9 Å². The zero-order chi connectivity index (χ0) is 20.9. The number of nitrogens with zero attached hydrogens (tertiary/aromatic N) is 2. The first-order valence-corrected chi connectivity index (χ1v) is 9.86. The lowest BCUT2D eigenvalue weighted by Crippen LogP contribution is -2.64. The van der Waals surface area contributed by atoms with Gasteiger partial charge in [-0.3, -0.25) is 14.9 Å². The molecule has 152 valence electrons. The molecule has 1 aliphatic rings. The van der Waals surface area contributed by atoms with Gasteiger partial charge in [0.2, 0.25) is 5.91 Å². The minimum absolute atomic E-state index is 0.00411. The lowest BCUT2D eigenvalue weighted by molar-refractivity contribution is -0.384. The lowest BCUT2D eigenvalue weighted by atomic mass is 9.82. The van der Waals surface area contributed by atoms with Crippen molar-refractivity contribution >= 4 is 17.3 Å². The van der Waals surface area contributed by atoms with Crippen LogP contribution < -0.4 is 4.90 Å². The molecule has 0 spiro atoms. The zero-order valence-electron chi connectivity index (χ0n) is 16.4. The second-order valence-corrected chi connectivity index (χ2v) is 7.35. The van der Waals surface area contributed by atoms with E-state index in [1.807, 2.05) is 60.7 Å². The highest BCUT2D eigenvalue weighted by Crippen LogP contribution is 2.36. The predicted octanol–water partition coefficient (Wildman–Crippen LogP) is 4.39. The van der Waals surface area contributed by atoms with Gasteiger partial charge in [-0.1, -0.05) is 60.7 Å². The van der Waals surface area contributed by atoms with Crippen molar-refractivity contribution in [2.45, 2.75) is 19.1 Å². The topological polar surface area (TPSA) is 72.7 Å². The first-order valence-electron chi connectivity index (χ1n) is 9.86. The van der Waals surface area contributed by atoms with Gasteiger partial charge < -0.3 is 9.64 Å². The number of anilines is 1. The minimum atomic E-state index is -0.444. The van der Waals surface area contributed by atoms with Gasteiger partial charge in [-0.15, -0.1) is 0 Å². The molecular formula is C24H22N2O4. The van der Waals surface area contributed by atoms with E-state index in [1.54, 1.807) is 17.0 Å². The van der Waals surface area contributed by atoms with E-state index in [1.165, 1.54) is 12.1 Å². The van der Waals surface area contributed by atoms with Gasteiger partial charge in [-0.2, -0.15) is 0 Å². The summed E-state index contributed by atoms with van der Waals surface area (Å²) < 4.78 is 5.95. The Morgan fingerprint density at radius 2 is 1.47 bits per heavy atom. The van der Waals surface area contributed by atoms with Crippen molar-refractivity contribution < 1.29 is 14.5 Å². The largest absolute Gasteiger partial charge is 0.375 e. The summed E-state index contributed by atoms with van der Waals surface area (Å²) in [7, 11) is 0. The number of carbonyl (C=O) groups is 1. The van der Waals surface area contributed by atoms with Crippen LogP contribution in [0.15, 0.2) is 84.9 Å². The smallest absolute Gasteiger partial charge is 0.269 e. The molecule has 6 heteroatoms. The molecule has 1 saturated heterocycles. The second-order valence-electron chi connectivity index (χ2n) is 7.35. The van der Waals surface area contributed by atoms with Crippen LogP contribution in [-0.4, -0.2) is 23.5 Å². The molecule has 2 atom stereocenters. The van der Waals surface area contributed by atoms with Crippen LogP contribution in [0.1, 0.15) is 11.1 Å². The van der Waals surface area contributed by atoms with Crippen molar-refractivity contribution in [3.05, 3.63) is 106 Å². The molecule has 1 aliphatic heterocycles. The third-order valence-corrected chi connectivity index (χ3v) is 5.39. The van der Waals surface area contributed by atoms with Gasteiger partial charge >= 0.3 is 0 Å². The number of nitro benzene ring substituents is 1. The highest BCUT2D eigenvalue weighted by atomic mass is 16.6. The SMILES string of the molecule is O=C1C(Cc2ccccc2)C(COCc2ccccc2)N1c1ccc([N+](=O)[O-])cc1. The molecule has 0 bridgehead atoms. The van der Waals surface area contributed by atoms with Crippen LogP contribution in [0.5, 0.6) is 0 Å². The van der Waals surface area contributed by atoms with Gasteiger partial charge in [0.25, 0.3) is 5.69 Å². The second kappa shape index (κ2) is 8.88. The molecule has 0 N–H and O–H groups in total. The number of non-ortho nitro benzene ring substituents is 1. The van der Waals surface area contributed by atoms with Crippen molar-refractivity contribution in [2.75, 3.05) is 11.5 Å². The van der Waals surface area contributed by atoms with Crippen LogP contribution in [-0.2, 0) is 22.6 Å². The van der Waals surface area contributed by atoms with Gasteiger partial charge in [0.05, 0.1) is 30.1 Å². The Labute approximate surface area is 174 Å². The molecule has 1 amide bonds. The summed E-state index contributed by atoms with van der Waals surface area (Å²) in [5.41, 5.74) is 2.84. The molecule has 0 saturated carbocycles. The molecule has 1 heterocycles. The summed E-state index contributed by atoms with van der Waals surface area (Å²) in [4.78, 5) is 25.1. The van der Waals surface area contributed by atoms with Crippen LogP contribution in [0.25, 0.3) is 0 Å². The number of amides is 1. The molecule has 0 aliphatic carbocycles. The Morgan fingerprint density at radius 3 is 2.07 bits per heavy atom. The van der Waals surface area contributed by atoms with Gasteiger partial charge in [0.1, 0.15) is 0 Å². The maximum Gasteiger partial charge on any atom is 0.269 e. The van der Waals surface area contributed by atoms with Crippen LogP contribution in [0, 0.1) is 16.0 Å². The molecule has 4 rings (SSSR count). The molecule has 2 unspecified atom stereocenters. The first-order chi connectivity index (χ1) is 14.6. The number of hydrogen-bond donors (Lipinski definition) is 0. The Bertz CT molecular complexity index is 1010. The molecule has 0 aromatic heterocycles. The Kier molecular flexibility index (Phi) is 5.86. The van der Waals surface area contributed by atoms with Gasteiger partial charge in [-0.05, 0) is 29.7 Å². The van der Waals surface area contributed by atoms with Crippen molar-refractivity contribution in [2.24, 2.45) is 5.92 Å². The predicted molar refractivity (Wildman–Crippen MR) is 114 cm³/mol. The number of rotatable bonds is 8. The van der Waals surface area contributed by atoms with E-state index in [0.717, 1.165) is 11.1 Å². The van der Waals surface area contributed by atoms with Crippen molar-refractivity contribution in [3.8, 4) is 0 Å². The normalized spacial score (nSPS) is 18.1. The maximum atomic E-state index is 13.0. The first kappa shape index (κ1) is 19.8. The lowest BCUT2D eigenvalue weighted by Gasteiger charge is -2.47. The maximum absolute atomic E-state index is 13.0. The molecule has 1 fully saturated rings. The Morgan fingerprint density at radius 1 is 0.867 bits per heavy atom. The number of hydrogen-bond acceptors (Lipinski definition) is 4. The van der Waals surface area contributed by atoms with Crippen LogP contribution in [0.4, 0.5) is 11.4 Å². The number of ether oxygens (including phenoxy) is 1. The number of benzene rings is 3. The molecule has 30 heavy (non-hydrogen) atoms. The molecule has 3 aromatic carbocycles. The Hall–Kier alpha value is -3.51. The van der Waals surface area contributed by atoms with Crippen LogP contribution >= 0.6 is 0 Å². The van der Waals surface area contributed by atoms with E-state index < -0.39 is 4.92 Å². The monoisotopic (exact) mass is 402 g/mol. The van der Waals surface area contributed by atoms with Crippen LogP contribution in [0.2, 0.25) is 0 Å². The quantitative estimate of drug-likeness (QED) is 0.318. The van der Waals surface area contributed by atoms with Crippen LogP contribution in [0.3, 0.4) is 0 Å². The van der Waals surface area contributed by atoms with Gasteiger partial charge in [0, 0.05) is 17.8 Å². The summed E-state index contributed by atoms with van der Waals surface area (Å²) in [6.45, 7) is 0.868. The molecule has 0 radical (unpaired) electrons. The van der Waals surface area contributed by atoms with Crippen molar-refractivity contribution in [3.63, 3.8) is 0 Å². The standard InChI is InChI=1S/C24H22N2O4/c27-24-22(15-18-7-3-1-4-8-18)23(17-30-16-19-9-5-2-6-10-19)25(24)20-11-13-21(14-12-20)26(28)29/h1-14,22-23H,15-17H2. The van der Waals surface area contributed by atoms with E-state index in [0.29, 0.717) is 25.3 Å². The highest BCUT2D eigenvalue weighted by Gasteiger charge is 2.47. The fourth-order valence-corrected chi connectivity index (χ4v) is 3.81. The van der Waals surface area contributed by atoms with Crippen molar-refractivity contribution in [1.29, 1.82) is 0 Å². The van der Waals surface area contributed by atoms with E-state index in [-0.39, 0.29) is 23.6 Å². The number of nitro groups is 1. The fourth-order valence-electron chi connectivity index (χ4n) is 3.81. The van der Waals surface area contributed by atoms with E-state index >= 15 is 0 Å². The average Bonchev–Trinajstić information content (AvgIpc) is 2.78. The summed E-state index contributed by atoms with van der Waals surface area (Å²) in [5, 5.41) is 10.9. The van der Waals surface area contributed by atoms with E-state index in [4.69, 9.17) is 4.74 Å². The average molecular weight is 402 g/mol. The minimum Gasteiger partial charge on any atom is -0.375 e. The Balaban J connectivity index is 1.50. The third kappa shape index (κ3) is 4.23. The van der Waals surface area contributed by atoms with E-state index in [2.05, 4.69) is 0 Å². The number of carbonyl (C=O) groups excluding carboxylic acids is 1. The molecular weight excluding hydrogens is 380 g/mol. The summed E-state index contributed by atoms with van der Waals surface area (Å²) in [6, 6.07) is 25.8.